The van der Waals surface area contributed by atoms with Crippen molar-refractivity contribution in [2.24, 2.45) is 4.99 Å². The zero-order chi connectivity index (χ0) is 23.4. The van der Waals surface area contributed by atoms with E-state index in [-0.39, 0.29) is 24.0 Å². The third-order valence-electron chi connectivity index (χ3n) is 4.50. The van der Waals surface area contributed by atoms with Crippen LogP contribution in [0.2, 0.25) is 0 Å². The number of benzene rings is 2. The number of fused-ring (bicyclic) bond motifs is 1. The third-order valence-corrected chi connectivity index (χ3v) is 5.44. The van der Waals surface area contributed by atoms with Crippen LogP contribution in [0.25, 0.3) is 21.5 Å². The number of carboxylic acids is 1. The van der Waals surface area contributed by atoms with Gasteiger partial charge in [-0.15, -0.1) is 0 Å². The van der Waals surface area contributed by atoms with E-state index in [2.05, 4.69) is 20.4 Å². The second kappa shape index (κ2) is 9.73. The molecule has 0 saturated heterocycles. The van der Waals surface area contributed by atoms with Crippen LogP contribution in [0, 0.1) is 5.82 Å². The number of hydrogen-bond donors (Lipinski definition) is 4. The van der Waals surface area contributed by atoms with Crippen molar-refractivity contribution >= 4 is 44.2 Å². The highest BCUT2D eigenvalue weighted by atomic mass is 32.1. The average Bonchev–Trinajstić information content (AvgIpc) is 3.43. The highest BCUT2D eigenvalue weighted by Crippen LogP contribution is 2.30. The van der Waals surface area contributed by atoms with E-state index in [4.69, 9.17) is 9.26 Å². The van der Waals surface area contributed by atoms with Crippen LogP contribution in [-0.2, 0) is 9.53 Å². The van der Waals surface area contributed by atoms with Gasteiger partial charge in [0.2, 0.25) is 5.76 Å². The molecule has 0 aliphatic rings. The average molecular weight is 471 g/mol. The van der Waals surface area contributed by atoms with E-state index < -0.39 is 12.0 Å². The van der Waals surface area contributed by atoms with Crippen LogP contribution in [-0.4, -0.2) is 52.0 Å². The standard InChI is InChI=1S/C21H18FN5O5S/c1-31-10-16(20(28)29)24-19(26-30)17-9-15(27-32-17)11-3-2-4-13(7-11)23-21-25-14-6-5-12(22)8-18(14)33-21/h2-9,16,30H,10H2,1H3,(H,23,25)(H,24,26)(H,28,29). The fraction of sp³-hybridized carbons (Fsp3) is 0.143. The van der Waals surface area contributed by atoms with Gasteiger partial charge < -0.3 is 19.7 Å². The fourth-order valence-corrected chi connectivity index (χ4v) is 3.89. The van der Waals surface area contributed by atoms with Crippen LogP contribution < -0.4 is 10.8 Å². The number of aliphatic carboxylic acids is 1. The Morgan fingerprint density at radius 2 is 2.15 bits per heavy atom. The first-order chi connectivity index (χ1) is 16.0. The van der Waals surface area contributed by atoms with E-state index in [9.17, 15) is 19.5 Å². The van der Waals surface area contributed by atoms with Crippen molar-refractivity contribution in [3.8, 4) is 11.3 Å². The highest BCUT2D eigenvalue weighted by Gasteiger charge is 2.20. The topological polar surface area (TPSA) is 142 Å². The zero-order valence-electron chi connectivity index (χ0n) is 17.2. The van der Waals surface area contributed by atoms with Crippen molar-refractivity contribution in [2.75, 3.05) is 19.0 Å². The number of nitrogens with zero attached hydrogens (tertiary/aromatic N) is 3. The number of hydrogen-bond acceptors (Lipinski definition) is 9. The number of rotatable bonds is 8. The summed E-state index contributed by atoms with van der Waals surface area (Å²) in [7, 11) is 1.34. The Balaban J connectivity index is 1.56. The van der Waals surface area contributed by atoms with Crippen molar-refractivity contribution in [1.82, 2.24) is 15.6 Å². The molecule has 4 aromatic rings. The van der Waals surface area contributed by atoms with Crippen LogP contribution in [0.15, 0.2) is 58.0 Å². The number of aromatic nitrogens is 2. The third kappa shape index (κ3) is 5.14. The molecule has 0 fully saturated rings. The van der Waals surface area contributed by atoms with Gasteiger partial charge in [-0.25, -0.2) is 24.6 Å². The van der Waals surface area contributed by atoms with Gasteiger partial charge in [-0.05, 0) is 30.3 Å². The Kier molecular flexibility index (Phi) is 6.58. The molecule has 4 N–H and O–H groups in total. The Labute approximate surface area is 190 Å². The molecule has 0 spiro atoms. The maximum atomic E-state index is 13.4. The van der Waals surface area contributed by atoms with Crippen molar-refractivity contribution in [1.29, 1.82) is 0 Å². The van der Waals surface area contributed by atoms with E-state index in [0.29, 0.717) is 21.9 Å². The maximum absolute atomic E-state index is 13.4. The molecule has 0 radical (unpaired) electrons. The minimum atomic E-state index is -1.24. The molecule has 2 aromatic carbocycles. The number of anilines is 2. The number of amidine groups is 1. The van der Waals surface area contributed by atoms with Crippen molar-refractivity contribution in [3.63, 3.8) is 0 Å². The number of aliphatic imine (C=N–C) groups is 1. The molecule has 0 aliphatic carbocycles. The summed E-state index contributed by atoms with van der Waals surface area (Å²) in [5.74, 6) is -1.70. The summed E-state index contributed by atoms with van der Waals surface area (Å²) < 4.78 is 24.2. The first-order valence-electron chi connectivity index (χ1n) is 9.57. The Morgan fingerprint density at radius 3 is 2.91 bits per heavy atom. The summed E-state index contributed by atoms with van der Waals surface area (Å²) in [4.78, 5) is 19.6. The molecule has 0 saturated carbocycles. The van der Waals surface area contributed by atoms with Gasteiger partial charge in [-0.2, -0.15) is 0 Å². The predicted octanol–water partition coefficient (Wildman–Crippen LogP) is 3.66. The molecule has 33 heavy (non-hydrogen) atoms. The zero-order valence-corrected chi connectivity index (χ0v) is 18.0. The number of halogens is 1. The first kappa shape index (κ1) is 22.3. The molecular formula is C21H18FN5O5S. The summed E-state index contributed by atoms with van der Waals surface area (Å²) in [5.41, 5.74) is 4.37. The Bertz CT molecular complexity index is 1320. The molecule has 1 atom stereocenters. The van der Waals surface area contributed by atoms with Gasteiger partial charge in [0.1, 0.15) is 11.5 Å². The first-order valence-corrected chi connectivity index (χ1v) is 10.4. The van der Waals surface area contributed by atoms with Gasteiger partial charge in [0, 0.05) is 24.4 Å². The molecule has 10 nitrogen and oxygen atoms in total. The molecule has 1 unspecified atom stereocenters. The lowest BCUT2D eigenvalue weighted by atomic mass is 10.1. The number of carboxylic acid groups (broad SMARTS) is 1. The number of hydroxylamine groups is 1. The molecule has 0 aliphatic heterocycles. The number of carbonyl (C=O) groups is 1. The molecule has 170 valence electrons. The summed E-state index contributed by atoms with van der Waals surface area (Å²) in [5, 5.41) is 26.4. The summed E-state index contributed by atoms with van der Waals surface area (Å²) in [6.07, 6.45) is 0. The van der Waals surface area contributed by atoms with Crippen molar-refractivity contribution in [3.05, 3.63) is 60.1 Å². The van der Waals surface area contributed by atoms with Crippen LogP contribution >= 0.6 is 11.3 Å². The Hall–Kier alpha value is -3.87. The summed E-state index contributed by atoms with van der Waals surface area (Å²) in [6, 6.07) is 11.9. The number of methoxy groups -OCH3 is 1. The monoisotopic (exact) mass is 471 g/mol. The minimum Gasteiger partial charge on any atom is -0.480 e. The molecule has 4 rings (SSSR count). The van der Waals surface area contributed by atoms with Crippen LogP contribution in [0.5, 0.6) is 0 Å². The van der Waals surface area contributed by atoms with Gasteiger partial charge in [-0.1, -0.05) is 28.6 Å². The lowest BCUT2D eigenvalue weighted by molar-refractivity contribution is -0.139. The van der Waals surface area contributed by atoms with Gasteiger partial charge in [0.25, 0.3) is 0 Å². The van der Waals surface area contributed by atoms with Gasteiger partial charge in [0.15, 0.2) is 17.0 Å². The van der Waals surface area contributed by atoms with Crippen LogP contribution in [0.3, 0.4) is 0 Å². The van der Waals surface area contributed by atoms with Crippen molar-refractivity contribution in [2.45, 2.75) is 6.04 Å². The normalized spacial score (nSPS) is 12.6. The lowest BCUT2D eigenvalue weighted by Gasteiger charge is -2.07. The summed E-state index contributed by atoms with van der Waals surface area (Å²) >= 11 is 1.32. The van der Waals surface area contributed by atoms with Gasteiger partial charge in [-0.3, -0.25) is 5.21 Å². The molecule has 2 aromatic heterocycles. The number of nitrogens with one attached hydrogen (secondary N) is 2. The molecule has 0 bridgehead atoms. The maximum Gasteiger partial charge on any atom is 0.330 e. The lowest BCUT2D eigenvalue weighted by Crippen LogP contribution is -2.29. The second-order valence-corrected chi connectivity index (χ2v) is 7.84. The van der Waals surface area contributed by atoms with Crippen molar-refractivity contribution < 1.29 is 28.8 Å². The SMILES string of the molecule is COCC(N=C(NO)c1cc(-c2cccc(Nc3nc4ccc(F)cc4s3)c2)no1)C(=O)O. The smallest absolute Gasteiger partial charge is 0.330 e. The van der Waals surface area contributed by atoms with E-state index in [0.717, 1.165) is 10.4 Å². The minimum absolute atomic E-state index is 0.0430. The number of thiazole rings is 1. The molecular weight excluding hydrogens is 453 g/mol. The van der Waals surface area contributed by atoms with E-state index in [1.165, 1.54) is 36.6 Å². The summed E-state index contributed by atoms with van der Waals surface area (Å²) in [6.45, 7) is -0.187. The quantitative estimate of drug-likeness (QED) is 0.172. The number of ether oxygens (including phenoxy) is 1. The fourth-order valence-electron chi connectivity index (χ4n) is 2.98. The van der Waals surface area contributed by atoms with Gasteiger partial charge in [0.05, 0.1) is 16.8 Å². The molecule has 0 amide bonds. The van der Waals surface area contributed by atoms with E-state index in [1.807, 2.05) is 17.6 Å². The van der Waals surface area contributed by atoms with E-state index >= 15 is 0 Å². The van der Waals surface area contributed by atoms with E-state index in [1.54, 1.807) is 18.2 Å². The Morgan fingerprint density at radius 1 is 1.30 bits per heavy atom. The van der Waals surface area contributed by atoms with Crippen LogP contribution in [0.1, 0.15) is 5.76 Å². The highest BCUT2D eigenvalue weighted by molar-refractivity contribution is 7.22. The second-order valence-electron chi connectivity index (χ2n) is 6.81. The van der Waals surface area contributed by atoms with Crippen LogP contribution in [0.4, 0.5) is 15.2 Å². The molecule has 12 heteroatoms. The predicted molar refractivity (Wildman–Crippen MR) is 120 cm³/mol. The molecule has 2 heterocycles. The largest absolute Gasteiger partial charge is 0.480 e. The van der Waals surface area contributed by atoms with Gasteiger partial charge >= 0.3 is 5.97 Å².